The first kappa shape index (κ1) is 28.4. The summed E-state index contributed by atoms with van der Waals surface area (Å²) >= 11 is 25.2. The van der Waals surface area contributed by atoms with Crippen molar-refractivity contribution >= 4 is 52.1 Å². The third-order valence-corrected chi connectivity index (χ3v) is 6.73. The van der Waals surface area contributed by atoms with E-state index in [0.717, 1.165) is 5.56 Å². The van der Waals surface area contributed by atoms with Crippen LogP contribution in [-0.4, -0.2) is 9.49 Å². The second-order valence-electron chi connectivity index (χ2n) is 7.83. The molecule has 1 heterocycles. The summed E-state index contributed by atoms with van der Waals surface area (Å²) in [4.78, 5) is 11.0. The summed E-state index contributed by atoms with van der Waals surface area (Å²) in [5, 5.41) is 13.4. The molecule has 0 aliphatic heterocycles. The molecule has 6 nitrogen and oxygen atoms in total. The summed E-state index contributed by atoms with van der Waals surface area (Å²) in [6.45, 7) is 0.958. The lowest BCUT2D eigenvalue weighted by Gasteiger charge is -2.19. The molecule has 0 saturated heterocycles. The standard InChI is InChI=1S/C25H20Cl4N3O3.BrH/c26-18-8-9-19(23(29)12-18)25(35-15-20-21(27)5-3-6-22(20)28)14-31-11-10-30(16-31)13-17-4-1-2-7-24(17)32(33)34;/h1-12,16,25H,13-15H2;1H/q+1;/p-1. The second-order valence-corrected chi connectivity index (χ2v) is 9.49. The summed E-state index contributed by atoms with van der Waals surface area (Å²) in [7, 11) is 0. The molecule has 4 aromatic rings. The molecule has 0 N–H and O–H groups in total. The van der Waals surface area contributed by atoms with Gasteiger partial charge in [-0.15, -0.1) is 0 Å². The van der Waals surface area contributed by atoms with Gasteiger partial charge in [0.2, 0.25) is 6.33 Å². The van der Waals surface area contributed by atoms with Crippen LogP contribution in [0.2, 0.25) is 20.1 Å². The summed E-state index contributed by atoms with van der Waals surface area (Å²) in [6, 6.07) is 17.2. The van der Waals surface area contributed by atoms with E-state index in [1.165, 1.54) is 6.07 Å². The number of halogens is 5. The molecular weight excluding hydrogens is 612 g/mol. The number of nitrogens with zero attached hydrogens (tertiary/aromatic N) is 3. The van der Waals surface area contributed by atoms with E-state index in [4.69, 9.17) is 51.1 Å². The van der Waals surface area contributed by atoms with Crippen molar-refractivity contribution in [1.82, 2.24) is 4.57 Å². The average molecular weight is 632 g/mol. The lowest BCUT2D eigenvalue weighted by molar-refractivity contribution is -0.688. The fourth-order valence-corrected chi connectivity index (χ4v) is 4.75. The van der Waals surface area contributed by atoms with Crippen LogP contribution in [0, 0.1) is 10.1 Å². The van der Waals surface area contributed by atoms with Crippen LogP contribution in [0.5, 0.6) is 0 Å². The molecule has 0 fully saturated rings. The molecule has 3 aromatic carbocycles. The summed E-state index contributed by atoms with van der Waals surface area (Å²) in [6.07, 6.45) is 5.14. The van der Waals surface area contributed by atoms with Gasteiger partial charge in [0.15, 0.2) is 0 Å². The topological polar surface area (TPSA) is 61.2 Å². The number of ether oxygens (including phenoxy) is 1. The van der Waals surface area contributed by atoms with Crippen molar-refractivity contribution < 1.29 is 31.2 Å². The van der Waals surface area contributed by atoms with Crippen molar-refractivity contribution in [3.63, 3.8) is 0 Å². The number of nitro groups is 1. The van der Waals surface area contributed by atoms with E-state index in [1.54, 1.807) is 48.5 Å². The normalized spacial score (nSPS) is 11.7. The number of hydrogen-bond donors (Lipinski definition) is 0. The highest BCUT2D eigenvalue weighted by atomic mass is 79.9. The zero-order chi connectivity index (χ0) is 24.9. The number of para-hydroxylation sites is 1. The minimum absolute atomic E-state index is 0. The van der Waals surface area contributed by atoms with Crippen LogP contribution < -0.4 is 21.5 Å². The summed E-state index contributed by atoms with van der Waals surface area (Å²) < 4.78 is 10.1. The second kappa shape index (κ2) is 12.9. The Labute approximate surface area is 238 Å². The molecule has 0 aliphatic rings. The first-order chi connectivity index (χ1) is 16.8. The van der Waals surface area contributed by atoms with Gasteiger partial charge in [-0.3, -0.25) is 10.1 Å². The molecule has 0 radical (unpaired) electrons. The van der Waals surface area contributed by atoms with Crippen molar-refractivity contribution in [3.05, 3.63) is 126 Å². The van der Waals surface area contributed by atoms with Gasteiger partial charge in [0.25, 0.3) is 5.69 Å². The maximum Gasteiger partial charge on any atom is 0.276 e. The van der Waals surface area contributed by atoms with Crippen LogP contribution in [0.4, 0.5) is 5.69 Å². The van der Waals surface area contributed by atoms with Gasteiger partial charge in [-0.25, -0.2) is 9.13 Å². The van der Waals surface area contributed by atoms with E-state index in [2.05, 4.69) is 0 Å². The van der Waals surface area contributed by atoms with E-state index in [1.807, 2.05) is 33.9 Å². The fourth-order valence-electron chi connectivity index (χ4n) is 3.71. The SMILES string of the molecule is O=[N+]([O-])c1ccccc1C[n+]1ccn(CC(OCc2c(Cl)cccc2Cl)c2ccc(Cl)cc2Cl)c1.[Br-]. The Morgan fingerprint density at radius 1 is 0.972 bits per heavy atom. The van der Waals surface area contributed by atoms with Gasteiger partial charge in [-0.05, 0) is 30.3 Å². The predicted molar refractivity (Wildman–Crippen MR) is 137 cm³/mol. The van der Waals surface area contributed by atoms with Crippen molar-refractivity contribution in [2.75, 3.05) is 0 Å². The molecular formula is C25H20BrCl4N3O3. The first-order valence-corrected chi connectivity index (χ1v) is 12.1. The highest BCUT2D eigenvalue weighted by Crippen LogP contribution is 2.32. The Bertz CT molecular complexity index is 1350. The highest BCUT2D eigenvalue weighted by Gasteiger charge is 2.22. The Morgan fingerprint density at radius 2 is 1.69 bits per heavy atom. The van der Waals surface area contributed by atoms with E-state index in [-0.39, 0.29) is 34.2 Å². The number of hydrogen-bond acceptors (Lipinski definition) is 3. The predicted octanol–water partition coefficient (Wildman–Crippen LogP) is 4.31. The largest absolute Gasteiger partial charge is 1.00 e. The maximum absolute atomic E-state index is 11.3. The van der Waals surface area contributed by atoms with E-state index in [9.17, 15) is 10.1 Å². The summed E-state index contributed by atoms with van der Waals surface area (Å²) in [5.74, 6) is 0. The fraction of sp³-hybridized carbons (Fsp3) is 0.160. The lowest BCUT2D eigenvalue weighted by Crippen LogP contribution is -3.00. The number of benzene rings is 3. The van der Waals surface area contributed by atoms with Crippen LogP contribution in [0.15, 0.2) is 79.4 Å². The van der Waals surface area contributed by atoms with Crippen molar-refractivity contribution in [1.29, 1.82) is 0 Å². The van der Waals surface area contributed by atoms with Crippen molar-refractivity contribution in [3.8, 4) is 0 Å². The van der Waals surface area contributed by atoms with E-state index >= 15 is 0 Å². The monoisotopic (exact) mass is 629 g/mol. The smallest absolute Gasteiger partial charge is 0.276 e. The molecule has 1 atom stereocenters. The van der Waals surface area contributed by atoms with E-state index in [0.29, 0.717) is 44.3 Å². The van der Waals surface area contributed by atoms with Crippen LogP contribution in [0.3, 0.4) is 0 Å². The Kier molecular flexibility index (Phi) is 10.2. The molecule has 0 spiro atoms. The van der Waals surface area contributed by atoms with Crippen LogP contribution in [-0.2, 0) is 24.4 Å². The lowest BCUT2D eigenvalue weighted by atomic mass is 10.1. The molecule has 0 bridgehead atoms. The first-order valence-electron chi connectivity index (χ1n) is 10.6. The minimum atomic E-state index is -0.445. The Morgan fingerprint density at radius 3 is 2.39 bits per heavy atom. The molecule has 188 valence electrons. The number of nitro benzene ring substituents is 1. The van der Waals surface area contributed by atoms with Gasteiger partial charge in [0, 0.05) is 37.3 Å². The van der Waals surface area contributed by atoms with Crippen LogP contribution >= 0.6 is 46.4 Å². The van der Waals surface area contributed by atoms with Crippen molar-refractivity contribution in [2.24, 2.45) is 0 Å². The Hall–Kier alpha value is -2.13. The molecule has 0 aliphatic carbocycles. The number of rotatable bonds is 9. The van der Waals surface area contributed by atoms with Crippen LogP contribution in [0.1, 0.15) is 22.8 Å². The molecule has 0 saturated carbocycles. The zero-order valence-corrected chi connectivity index (χ0v) is 23.3. The van der Waals surface area contributed by atoms with Gasteiger partial charge in [-0.2, -0.15) is 0 Å². The quantitative estimate of drug-likeness (QED) is 0.157. The van der Waals surface area contributed by atoms with Crippen LogP contribution in [0.25, 0.3) is 0 Å². The number of aromatic nitrogens is 2. The molecule has 11 heteroatoms. The van der Waals surface area contributed by atoms with Gasteiger partial charge in [0.1, 0.15) is 31.6 Å². The molecule has 36 heavy (non-hydrogen) atoms. The van der Waals surface area contributed by atoms with Gasteiger partial charge in [-0.1, -0.05) is 70.7 Å². The van der Waals surface area contributed by atoms with Gasteiger partial charge < -0.3 is 21.7 Å². The van der Waals surface area contributed by atoms with E-state index < -0.39 is 6.10 Å². The summed E-state index contributed by atoms with van der Waals surface area (Å²) in [5.41, 5.74) is 2.14. The Balaban J connectivity index is 0.00000361. The maximum atomic E-state index is 11.3. The minimum Gasteiger partial charge on any atom is -1.00 e. The molecule has 1 unspecified atom stereocenters. The highest BCUT2D eigenvalue weighted by molar-refractivity contribution is 6.36. The molecule has 0 amide bonds. The van der Waals surface area contributed by atoms with Gasteiger partial charge >= 0.3 is 0 Å². The molecule has 4 rings (SSSR count). The van der Waals surface area contributed by atoms with Crippen molar-refractivity contribution in [2.45, 2.75) is 25.8 Å². The number of imidazole rings is 1. The average Bonchev–Trinajstić information content (AvgIpc) is 3.25. The third kappa shape index (κ3) is 7.00. The zero-order valence-electron chi connectivity index (χ0n) is 18.7. The van der Waals surface area contributed by atoms with Gasteiger partial charge in [0.05, 0.1) is 17.1 Å². The third-order valence-electron chi connectivity index (χ3n) is 5.46. The molecule has 1 aromatic heterocycles.